The Hall–Kier alpha value is -5.86. The van der Waals surface area contributed by atoms with Crippen molar-refractivity contribution < 1.29 is 0 Å². The van der Waals surface area contributed by atoms with Gasteiger partial charge in [-0.1, -0.05) is 143 Å². The van der Waals surface area contributed by atoms with E-state index in [2.05, 4.69) is 219 Å². The molecule has 2 nitrogen and oxygen atoms in total. The fourth-order valence-electron chi connectivity index (χ4n) is 7.92. The van der Waals surface area contributed by atoms with Gasteiger partial charge in [-0.3, -0.25) is 0 Å². The van der Waals surface area contributed by atoms with Crippen LogP contribution in [-0.4, -0.2) is 0 Å². The molecule has 1 aliphatic carbocycles. The molecule has 0 radical (unpaired) electrons. The van der Waals surface area contributed by atoms with Gasteiger partial charge in [-0.05, 0) is 118 Å². The smallest absolute Gasteiger partial charge is 0.0540 e. The lowest BCUT2D eigenvalue weighted by Crippen LogP contribution is -2.34. The van der Waals surface area contributed by atoms with Gasteiger partial charge in [0, 0.05) is 34.0 Å². The molecular weight excluding hydrogens is 629 g/mol. The van der Waals surface area contributed by atoms with Crippen LogP contribution in [0.4, 0.5) is 34.1 Å². The first-order valence-electron chi connectivity index (χ1n) is 18.5. The van der Waals surface area contributed by atoms with Crippen LogP contribution in [0.5, 0.6) is 0 Å². The summed E-state index contributed by atoms with van der Waals surface area (Å²) in [5, 5.41) is 0. The zero-order valence-electron chi connectivity index (χ0n) is 30.6. The van der Waals surface area contributed by atoms with E-state index in [1.165, 1.54) is 51.9 Å². The Labute approximate surface area is 309 Å². The third-order valence-corrected chi connectivity index (χ3v) is 10.9. The topological polar surface area (TPSA) is 6.48 Å². The summed E-state index contributed by atoms with van der Waals surface area (Å²) in [4.78, 5) is 4.79. The summed E-state index contributed by atoms with van der Waals surface area (Å²) in [5.74, 6) is 0. The molecule has 0 N–H and O–H groups in total. The molecule has 0 amide bonds. The normalized spacial score (nSPS) is 14.3. The molecule has 0 spiro atoms. The lowest BCUT2D eigenvalue weighted by Gasteiger charge is -2.42. The van der Waals surface area contributed by atoms with Crippen molar-refractivity contribution in [1.82, 2.24) is 0 Å². The zero-order chi connectivity index (χ0) is 35.7. The Bertz CT molecular complexity index is 2310. The molecule has 0 aliphatic heterocycles. The molecule has 1 aliphatic rings. The van der Waals surface area contributed by atoms with Crippen molar-refractivity contribution >= 4 is 34.1 Å². The maximum Gasteiger partial charge on any atom is 0.0540 e. The highest BCUT2D eigenvalue weighted by Gasteiger charge is 2.37. The monoisotopic (exact) mass is 674 g/mol. The van der Waals surface area contributed by atoms with E-state index in [-0.39, 0.29) is 10.8 Å². The van der Waals surface area contributed by atoms with Crippen LogP contribution in [0.3, 0.4) is 0 Å². The molecule has 52 heavy (non-hydrogen) atoms. The molecular formula is C50H46N2. The van der Waals surface area contributed by atoms with Crippen LogP contribution >= 0.6 is 0 Å². The van der Waals surface area contributed by atoms with Gasteiger partial charge in [0.15, 0.2) is 0 Å². The SMILES string of the molecule is CC1(C)CCC(C)(C)c2cc(N(c3ccccc3)c3cccc(-c4cccc(N(c5ccccc5)c5ccccc5-c5ccccc5)c4)c3)ccc21. The maximum atomic E-state index is 2.46. The van der Waals surface area contributed by atoms with E-state index in [4.69, 9.17) is 0 Å². The fourth-order valence-corrected chi connectivity index (χ4v) is 7.92. The molecule has 0 atom stereocenters. The highest BCUT2D eigenvalue weighted by molar-refractivity contribution is 5.89. The number of hydrogen-bond acceptors (Lipinski definition) is 2. The van der Waals surface area contributed by atoms with Gasteiger partial charge in [-0.2, -0.15) is 0 Å². The van der Waals surface area contributed by atoms with Gasteiger partial charge < -0.3 is 9.80 Å². The summed E-state index contributed by atoms with van der Waals surface area (Å²) in [6, 6.07) is 65.9. The van der Waals surface area contributed by atoms with Crippen LogP contribution in [0.25, 0.3) is 22.3 Å². The maximum absolute atomic E-state index is 2.46. The Morgan fingerprint density at radius 2 is 0.788 bits per heavy atom. The first-order chi connectivity index (χ1) is 25.3. The molecule has 0 fully saturated rings. The van der Waals surface area contributed by atoms with Gasteiger partial charge >= 0.3 is 0 Å². The fraction of sp³-hybridized carbons (Fsp3) is 0.160. The van der Waals surface area contributed by atoms with Crippen molar-refractivity contribution in [3.8, 4) is 22.3 Å². The predicted molar refractivity (Wildman–Crippen MR) is 222 cm³/mol. The summed E-state index contributed by atoms with van der Waals surface area (Å²) in [5.41, 5.74) is 14.8. The van der Waals surface area contributed by atoms with Gasteiger partial charge in [-0.25, -0.2) is 0 Å². The van der Waals surface area contributed by atoms with E-state index >= 15 is 0 Å². The first kappa shape index (κ1) is 33.3. The molecule has 8 rings (SSSR count). The van der Waals surface area contributed by atoms with Crippen molar-refractivity contribution in [2.45, 2.75) is 51.4 Å². The Balaban J connectivity index is 1.24. The van der Waals surface area contributed by atoms with Crippen LogP contribution in [0.2, 0.25) is 0 Å². The standard InChI is InChI=1S/C50H46N2/c1-49(2)32-33-50(3,4)47-36-44(30-31-46(47)49)51(40-22-10-6-11-23-40)42-26-16-20-38(34-42)39-21-17-27-43(35-39)52(41-24-12-7-13-25-41)48-29-15-14-28-45(48)37-18-8-5-9-19-37/h5-31,34-36H,32-33H2,1-4H3. The molecule has 0 aromatic heterocycles. The van der Waals surface area contributed by atoms with Crippen molar-refractivity contribution in [3.63, 3.8) is 0 Å². The lowest BCUT2D eigenvalue weighted by atomic mass is 9.63. The molecule has 2 heteroatoms. The highest BCUT2D eigenvalue weighted by Crippen LogP contribution is 2.48. The highest BCUT2D eigenvalue weighted by atomic mass is 15.1. The summed E-state index contributed by atoms with van der Waals surface area (Å²) in [6.07, 6.45) is 2.39. The average Bonchev–Trinajstić information content (AvgIpc) is 3.19. The average molecular weight is 675 g/mol. The quantitative estimate of drug-likeness (QED) is 0.158. The summed E-state index contributed by atoms with van der Waals surface area (Å²) >= 11 is 0. The third-order valence-electron chi connectivity index (χ3n) is 10.9. The van der Waals surface area contributed by atoms with E-state index in [0.29, 0.717) is 0 Å². The Morgan fingerprint density at radius 1 is 0.346 bits per heavy atom. The number of rotatable bonds is 8. The van der Waals surface area contributed by atoms with Crippen molar-refractivity contribution in [2.24, 2.45) is 0 Å². The number of benzene rings is 7. The number of hydrogen-bond donors (Lipinski definition) is 0. The molecule has 0 unspecified atom stereocenters. The molecule has 0 bridgehead atoms. The van der Waals surface area contributed by atoms with Crippen LogP contribution in [0.15, 0.2) is 182 Å². The van der Waals surface area contributed by atoms with Crippen LogP contribution in [0.1, 0.15) is 51.7 Å². The molecule has 0 saturated carbocycles. The lowest BCUT2D eigenvalue weighted by molar-refractivity contribution is 0.332. The van der Waals surface area contributed by atoms with Crippen molar-refractivity contribution in [1.29, 1.82) is 0 Å². The number of fused-ring (bicyclic) bond motifs is 1. The summed E-state index contributed by atoms with van der Waals surface area (Å²) in [6.45, 7) is 9.60. The van der Waals surface area contributed by atoms with Crippen molar-refractivity contribution in [2.75, 3.05) is 9.80 Å². The second kappa shape index (κ2) is 13.7. The van der Waals surface area contributed by atoms with Crippen molar-refractivity contribution in [3.05, 3.63) is 193 Å². The van der Waals surface area contributed by atoms with Gasteiger partial charge in [0.25, 0.3) is 0 Å². The predicted octanol–water partition coefficient (Wildman–Crippen LogP) is 14.3. The van der Waals surface area contributed by atoms with E-state index in [9.17, 15) is 0 Å². The number of para-hydroxylation sites is 3. The zero-order valence-corrected chi connectivity index (χ0v) is 30.6. The third kappa shape index (κ3) is 6.42. The van der Waals surface area contributed by atoms with Gasteiger partial charge in [-0.15, -0.1) is 0 Å². The number of anilines is 6. The van der Waals surface area contributed by atoms with Gasteiger partial charge in [0.05, 0.1) is 5.69 Å². The molecule has 0 heterocycles. The first-order valence-corrected chi connectivity index (χ1v) is 18.5. The van der Waals surface area contributed by atoms with E-state index in [0.717, 1.165) is 28.4 Å². The van der Waals surface area contributed by atoms with E-state index < -0.39 is 0 Å². The Kier molecular flexibility index (Phi) is 8.77. The second-order valence-electron chi connectivity index (χ2n) is 15.3. The minimum atomic E-state index is 0.120. The second-order valence-corrected chi connectivity index (χ2v) is 15.3. The minimum Gasteiger partial charge on any atom is -0.310 e. The van der Waals surface area contributed by atoms with E-state index in [1.807, 2.05) is 0 Å². The molecule has 7 aromatic carbocycles. The van der Waals surface area contributed by atoms with Gasteiger partial charge in [0.2, 0.25) is 0 Å². The molecule has 7 aromatic rings. The van der Waals surface area contributed by atoms with Gasteiger partial charge in [0.1, 0.15) is 0 Å². The van der Waals surface area contributed by atoms with Crippen LogP contribution < -0.4 is 9.80 Å². The van der Waals surface area contributed by atoms with E-state index in [1.54, 1.807) is 0 Å². The molecule has 0 saturated heterocycles. The van der Waals surface area contributed by atoms with Crippen LogP contribution in [-0.2, 0) is 10.8 Å². The molecule has 256 valence electrons. The minimum absolute atomic E-state index is 0.120. The largest absolute Gasteiger partial charge is 0.310 e. The Morgan fingerprint density at radius 3 is 1.40 bits per heavy atom. The summed E-state index contributed by atoms with van der Waals surface area (Å²) in [7, 11) is 0. The summed E-state index contributed by atoms with van der Waals surface area (Å²) < 4.78 is 0. The number of nitrogens with zero attached hydrogens (tertiary/aromatic N) is 2. The van der Waals surface area contributed by atoms with Crippen LogP contribution in [0, 0.1) is 0 Å².